The van der Waals surface area contributed by atoms with Gasteiger partial charge < -0.3 is 13.9 Å². The molecule has 4 aromatic rings. The van der Waals surface area contributed by atoms with Crippen LogP contribution in [0.4, 0.5) is 5.88 Å². The standard InChI is InChI=1S/C30H37N5O5S/c1-7-8-13-27(36)35(28(19(2)3)30-31-22(6)33-40-30)18-23-14-16-24(17-15-23)25-11-9-10-12-26(25)41(37,38)34-29-20(4)21(5)32-39-29/h9-12,14-17,19,28,34H,7-8,13,18H2,1-6H3/t28-/m0/s1. The molecule has 1 N–H and O–H groups in total. The van der Waals surface area contributed by atoms with Gasteiger partial charge >= 0.3 is 0 Å². The zero-order valence-corrected chi connectivity index (χ0v) is 25.2. The summed E-state index contributed by atoms with van der Waals surface area (Å²) in [5, 5.41) is 7.79. The van der Waals surface area contributed by atoms with E-state index in [-0.39, 0.29) is 28.6 Å². The van der Waals surface area contributed by atoms with Crippen LogP contribution >= 0.6 is 0 Å². The topological polar surface area (TPSA) is 131 Å². The van der Waals surface area contributed by atoms with Crippen molar-refractivity contribution < 1.29 is 22.3 Å². The van der Waals surface area contributed by atoms with Gasteiger partial charge in [-0.15, -0.1) is 0 Å². The van der Waals surface area contributed by atoms with Crippen LogP contribution in [0.15, 0.2) is 62.5 Å². The molecule has 0 saturated heterocycles. The normalized spacial score (nSPS) is 12.5. The molecule has 11 heteroatoms. The molecular weight excluding hydrogens is 542 g/mol. The number of unbranched alkanes of at least 4 members (excludes halogenated alkanes) is 1. The molecule has 0 fully saturated rings. The SMILES string of the molecule is CCCCC(=O)N(Cc1ccc(-c2ccccc2S(=O)(=O)Nc2onc(C)c2C)cc1)[C@H](c1nc(C)no1)C(C)C. The average Bonchev–Trinajstić information content (AvgIpc) is 3.51. The zero-order chi connectivity index (χ0) is 29.7. The molecule has 4 rings (SSSR count). The van der Waals surface area contributed by atoms with Gasteiger partial charge in [0.1, 0.15) is 6.04 Å². The molecule has 0 aliphatic carbocycles. The minimum absolute atomic E-state index is 0.0194. The lowest BCUT2D eigenvalue weighted by atomic mass is 9.99. The van der Waals surface area contributed by atoms with E-state index in [1.54, 1.807) is 45.0 Å². The minimum atomic E-state index is -3.96. The molecule has 0 aliphatic rings. The Labute approximate surface area is 241 Å². The maximum atomic E-state index is 13.4. The van der Waals surface area contributed by atoms with Crippen LogP contribution in [0.5, 0.6) is 0 Å². The van der Waals surface area contributed by atoms with Gasteiger partial charge in [-0.2, -0.15) is 4.98 Å². The van der Waals surface area contributed by atoms with Crippen LogP contribution in [-0.4, -0.2) is 34.5 Å². The molecule has 218 valence electrons. The van der Waals surface area contributed by atoms with Gasteiger partial charge in [0.25, 0.3) is 10.0 Å². The molecule has 0 saturated carbocycles. The van der Waals surface area contributed by atoms with Crippen LogP contribution in [0.3, 0.4) is 0 Å². The number of carbonyl (C=O) groups excluding carboxylic acids is 1. The number of anilines is 1. The Morgan fingerprint density at radius 2 is 1.71 bits per heavy atom. The van der Waals surface area contributed by atoms with Crippen molar-refractivity contribution in [3.63, 3.8) is 0 Å². The number of hydrogen-bond acceptors (Lipinski definition) is 8. The van der Waals surface area contributed by atoms with E-state index in [9.17, 15) is 13.2 Å². The number of aromatic nitrogens is 3. The third-order valence-electron chi connectivity index (χ3n) is 7.01. The number of sulfonamides is 1. The minimum Gasteiger partial charge on any atom is -0.337 e. The summed E-state index contributed by atoms with van der Waals surface area (Å²) >= 11 is 0. The fourth-order valence-corrected chi connectivity index (χ4v) is 5.92. The van der Waals surface area contributed by atoms with Crippen LogP contribution in [-0.2, 0) is 21.4 Å². The zero-order valence-electron chi connectivity index (χ0n) is 24.3. The van der Waals surface area contributed by atoms with Crippen molar-refractivity contribution in [2.24, 2.45) is 5.92 Å². The second-order valence-corrected chi connectivity index (χ2v) is 12.2. The van der Waals surface area contributed by atoms with E-state index in [1.807, 2.05) is 43.0 Å². The Hall–Kier alpha value is -3.99. The number of amides is 1. The molecule has 0 aliphatic heterocycles. The summed E-state index contributed by atoms with van der Waals surface area (Å²) in [6.45, 7) is 11.7. The van der Waals surface area contributed by atoms with Crippen LogP contribution in [0, 0.1) is 26.7 Å². The highest BCUT2D eigenvalue weighted by Crippen LogP contribution is 2.33. The summed E-state index contributed by atoms with van der Waals surface area (Å²) in [4.78, 5) is 19.8. The molecule has 0 bridgehead atoms. The Morgan fingerprint density at radius 3 is 2.29 bits per heavy atom. The molecular formula is C30H37N5O5S. The predicted octanol–water partition coefficient (Wildman–Crippen LogP) is 6.37. The van der Waals surface area contributed by atoms with Gasteiger partial charge in [-0.25, -0.2) is 13.1 Å². The van der Waals surface area contributed by atoms with E-state index in [0.29, 0.717) is 41.5 Å². The number of rotatable bonds is 12. The third-order valence-corrected chi connectivity index (χ3v) is 8.40. The first-order chi connectivity index (χ1) is 19.5. The molecule has 10 nitrogen and oxygen atoms in total. The van der Waals surface area contributed by atoms with Crippen molar-refractivity contribution in [2.75, 3.05) is 4.72 Å². The van der Waals surface area contributed by atoms with Gasteiger partial charge in [0.2, 0.25) is 17.7 Å². The Bertz CT molecular complexity index is 1590. The van der Waals surface area contributed by atoms with Crippen molar-refractivity contribution in [3.05, 3.63) is 77.1 Å². The number of aryl methyl sites for hydroxylation is 2. The van der Waals surface area contributed by atoms with E-state index in [1.165, 1.54) is 0 Å². The van der Waals surface area contributed by atoms with E-state index in [2.05, 4.69) is 26.9 Å². The summed E-state index contributed by atoms with van der Waals surface area (Å²) in [5.41, 5.74) is 3.40. The van der Waals surface area contributed by atoms with Crippen molar-refractivity contribution in [1.29, 1.82) is 0 Å². The monoisotopic (exact) mass is 579 g/mol. The largest absolute Gasteiger partial charge is 0.337 e. The molecule has 0 unspecified atom stereocenters. The van der Waals surface area contributed by atoms with Gasteiger partial charge in [0, 0.05) is 24.1 Å². The molecule has 0 spiro atoms. The second-order valence-electron chi connectivity index (χ2n) is 10.5. The first kappa shape index (κ1) is 30.0. The smallest absolute Gasteiger partial charge is 0.264 e. The van der Waals surface area contributed by atoms with Gasteiger partial charge in [-0.05, 0) is 50.3 Å². The molecule has 2 aromatic carbocycles. The summed E-state index contributed by atoms with van der Waals surface area (Å²) in [6, 6.07) is 14.0. The maximum absolute atomic E-state index is 13.4. The average molecular weight is 580 g/mol. The molecule has 1 atom stereocenters. The fraction of sp³-hybridized carbons (Fsp3) is 0.400. The molecule has 1 amide bonds. The number of nitrogens with zero attached hydrogens (tertiary/aromatic N) is 4. The number of hydrogen-bond donors (Lipinski definition) is 1. The van der Waals surface area contributed by atoms with Gasteiger partial charge in [0.05, 0.1) is 10.6 Å². The lowest BCUT2D eigenvalue weighted by Crippen LogP contribution is -2.37. The predicted molar refractivity (Wildman–Crippen MR) is 155 cm³/mol. The summed E-state index contributed by atoms with van der Waals surface area (Å²) in [5.74, 6) is 1.10. The lowest BCUT2D eigenvalue weighted by molar-refractivity contribution is -0.136. The molecule has 41 heavy (non-hydrogen) atoms. The number of nitrogens with one attached hydrogen (secondary N) is 1. The number of carbonyl (C=O) groups is 1. The molecule has 2 heterocycles. The Morgan fingerprint density at radius 1 is 1.00 bits per heavy atom. The van der Waals surface area contributed by atoms with E-state index in [0.717, 1.165) is 24.0 Å². The fourth-order valence-electron chi connectivity index (χ4n) is 4.64. The van der Waals surface area contributed by atoms with Crippen LogP contribution in [0.2, 0.25) is 0 Å². The Balaban J connectivity index is 1.63. The maximum Gasteiger partial charge on any atom is 0.264 e. The summed E-state index contributed by atoms with van der Waals surface area (Å²) in [6.07, 6.45) is 2.12. The lowest BCUT2D eigenvalue weighted by Gasteiger charge is -2.32. The van der Waals surface area contributed by atoms with E-state index in [4.69, 9.17) is 9.05 Å². The van der Waals surface area contributed by atoms with Gasteiger partial charge in [-0.1, -0.05) is 80.0 Å². The number of benzene rings is 2. The highest BCUT2D eigenvalue weighted by molar-refractivity contribution is 7.92. The van der Waals surface area contributed by atoms with Crippen LogP contribution in [0.1, 0.15) is 74.6 Å². The van der Waals surface area contributed by atoms with Crippen molar-refractivity contribution >= 4 is 21.8 Å². The van der Waals surface area contributed by atoms with Crippen molar-refractivity contribution in [3.8, 4) is 11.1 Å². The Kier molecular flexibility index (Phi) is 9.27. The molecule has 0 radical (unpaired) electrons. The van der Waals surface area contributed by atoms with Crippen LogP contribution < -0.4 is 4.72 Å². The summed E-state index contributed by atoms with van der Waals surface area (Å²) in [7, 11) is -3.96. The molecule has 2 aromatic heterocycles. The van der Waals surface area contributed by atoms with E-state index < -0.39 is 10.0 Å². The first-order valence-corrected chi connectivity index (χ1v) is 15.2. The van der Waals surface area contributed by atoms with E-state index >= 15 is 0 Å². The quantitative estimate of drug-likeness (QED) is 0.205. The third kappa shape index (κ3) is 6.84. The first-order valence-electron chi connectivity index (χ1n) is 13.8. The highest BCUT2D eigenvalue weighted by Gasteiger charge is 2.32. The van der Waals surface area contributed by atoms with Crippen LogP contribution in [0.25, 0.3) is 11.1 Å². The second kappa shape index (κ2) is 12.7. The van der Waals surface area contributed by atoms with Crippen molar-refractivity contribution in [1.82, 2.24) is 20.2 Å². The van der Waals surface area contributed by atoms with Gasteiger partial charge in [-0.3, -0.25) is 4.79 Å². The van der Waals surface area contributed by atoms with Gasteiger partial charge in [0.15, 0.2) is 5.82 Å². The summed E-state index contributed by atoms with van der Waals surface area (Å²) < 4.78 is 39.9. The van der Waals surface area contributed by atoms with Crippen molar-refractivity contribution in [2.45, 2.75) is 78.3 Å². The highest BCUT2D eigenvalue weighted by atomic mass is 32.2.